The molecule has 6 aromatic rings. The number of hydrogen-bond acceptors (Lipinski definition) is 6. The van der Waals surface area contributed by atoms with E-state index in [4.69, 9.17) is 4.52 Å². The number of benzene rings is 1. The standard InChI is InChI=1S/C28H22N6O2/c1-18-16-34(17-31-18)28-24-14-26(32-25(24)8-10-30-28)20-6-4-19(5-7-20)11-22(35)12-23-13-27(33-36-23)21-3-2-9-29-15-21/h2-10,13-17,32H,11-12H2,1H3. The Bertz CT molecular complexity index is 1660. The van der Waals surface area contributed by atoms with E-state index in [-0.39, 0.29) is 12.2 Å². The molecule has 5 heterocycles. The van der Waals surface area contributed by atoms with Crippen LogP contribution in [0, 0.1) is 6.92 Å². The predicted octanol–water partition coefficient (Wildman–Crippen LogP) is 5.13. The highest BCUT2D eigenvalue weighted by atomic mass is 16.5. The Labute approximate surface area is 206 Å². The highest BCUT2D eigenvalue weighted by Crippen LogP contribution is 2.28. The minimum atomic E-state index is 0.0635. The third-order valence-electron chi connectivity index (χ3n) is 6.04. The molecule has 6 rings (SSSR count). The molecule has 0 saturated heterocycles. The van der Waals surface area contributed by atoms with E-state index in [1.165, 1.54) is 0 Å². The van der Waals surface area contributed by atoms with Gasteiger partial charge in [-0.25, -0.2) is 9.97 Å². The number of aryl methyl sites for hydroxylation is 1. The van der Waals surface area contributed by atoms with Gasteiger partial charge in [-0.1, -0.05) is 29.4 Å². The lowest BCUT2D eigenvalue weighted by Crippen LogP contribution is -2.05. The van der Waals surface area contributed by atoms with Gasteiger partial charge < -0.3 is 9.51 Å². The normalized spacial score (nSPS) is 11.2. The monoisotopic (exact) mass is 474 g/mol. The van der Waals surface area contributed by atoms with Crippen molar-refractivity contribution in [3.05, 3.63) is 103 Å². The van der Waals surface area contributed by atoms with Crippen LogP contribution in [0.25, 0.3) is 39.2 Å². The smallest absolute Gasteiger partial charge is 0.147 e. The first-order chi connectivity index (χ1) is 17.6. The highest BCUT2D eigenvalue weighted by molar-refractivity contribution is 5.91. The van der Waals surface area contributed by atoms with Crippen LogP contribution < -0.4 is 0 Å². The van der Waals surface area contributed by atoms with Gasteiger partial charge in [0.2, 0.25) is 0 Å². The fraction of sp³-hybridized carbons (Fsp3) is 0.107. The van der Waals surface area contributed by atoms with Crippen molar-refractivity contribution in [3.8, 4) is 28.3 Å². The predicted molar refractivity (Wildman–Crippen MR) is 136 cm³/mol. The Morgan fingerprint density at radius 1 is 1.00 bits per heavy atom. The number of aromatic amines is 1. The van der Waals surface area contributed by atoms with Crippen molar-refractivity contribution >= 4 is 16.7 Å². The SMILES string of the molecule is Cc1cn(-c2nccc3[nH]c(-c4ccc(CC(=O)Cc5cc(-c6cccnc6)no5)cc4)cc23)cn1. The first-order valence-electron chi connectivity index (χ1n) is 11.6. The zero-order valence-corrected chi connectivity index (χ0v) is 19.5. The topological polar surface area (TPSA) is 102 Å². The summed E-state index contributed by atoms with van der Waals surface area (Å²) >= 11 is 0. The maximum absolute atomic E-state index is 12.7. The summed E-state index contributed by atoms with van der Waals surface area (Å²) in [6, 6.07) is 17.6. The van der Waals surface area contributed by atoms with Gasteiger partial charge >= 0.3 is 0 Å². The summed E-state index contributed by atoms with van der Waals surface area (Å²) in [5, 5.41) is 5.07. The van der Waals surface area contributed by atoms with E-state index < -0.39 is 0 Å². The number of hydrogen-bond donors (Lipinski definition) is 1. The molecule has 0 unspecified atom stereocenters. The first kappa shape index (κ1) is 21.7. The lowest BCUT2D eigenvalue weighted by Gasteiger charge is -2.02. The van der Waals surface area contributed by atoms with E-state index in [0.29, 0.717) is 17.9 Å². The average Bonchev–Trinajstić information content (AvgIpc) is 3.64. The molecule has 0 aliphatic rings. The lowest BCUT2D eigenvalue weighted by atomic mass is 10.0. The molecule has 1 N–H and O–H groups in total. The average molecular weight is 475 g/mol. The Kier molecular flexibility index (Phi) is 5.46. The summed E-state index contributed by atoms with van der Waals surface area (Å²) in [5.74, 6) is 1.44. The van der Waals surface area contributed by atoms with Crippen LogP contribution in [-0.2, 0) is 17.6 Å². The molecule has 1 aromatic carbocycles. The van der Waals surface area contributed by atoms with Gasteiger partial charge in [-0.15, -0.1) is 0 Å². The van der Waals surface area contributed by atoms with Crippen molar-refractivity contribution in [1.82, 2.24) is 29.7 Å². The fourth-order valence-electron chi connectivity index (χ4n) is 4.27. The number of ketones is 1. The van der Waals surface area contributed by atoms with E-state index in [0.717, 1.165) is 44.8 Å². The van der Waals surface area contributed by atoms with Crippen LogP contribution in [0.5, 0.6) is 0 Å². The van der Waals surface area contributed by atoms with E-state index in [2.05, 4.69) is 31.2 Å². The number of fused-ring (bicyclic) bond motifs is 1. The summed E-state index contributed by atoms with van der Waals surface area (Å²) in [6.45, 7) is 1.96. The molecule has 8 heteroatoms. The van der Waals surface area contributed by atoms with Gasteiger partial charge in [0.1, 0.15) is 29.4 Å². The second-order valence-electron chi connectivity index (χ2n) is 8.71. The Hall–Kier alpha value is -4.85. The number of nitrogens with one attached hydrogen (secondary N) is 1. The number of imidazole rings is 1. The summed E-state index contributed by atoms with van der Waals surface area (Å²) < 4.78 is 7.29. The van der Waals surface area contributed by atoms with E-state index in [9.17, 15) is 4.79 Å². The van der Waals surface area contributed by atoms with Gasteiger partial charge in [0.15, 0.2) is 0 Å². The zero-order valence-electron chi connectivity index (χ0n) is 19.5. The van der Waals surface area contributed by atoms with Crippen LogP contribution in [0.1, 0.15) is 17.0 Å². The maximum atomic E-state index is 12.7. The quantitative estimate of drug-likeness (QED) is 0.344. The van der Waals surface area contributed by atoms with Gasteiger partial charge in [0.25, 0.3) is 0 Å². The second kappa shape index (κ2) is 9.07. The summed E-state index contributed by atoms with van der Waals surface area (Å²) in [6.07, 6.45) is 9.45. The van der Waals surface area contributed by atoms with E-state index in [1.54, 1.807) is 31.0 Å². The van der Waals surface area contributed by atoms with Crippen molar-refractivity contribution < 1.29 is 9.32 Å². The number of rotatable bonds is 7. The molecule has 0 amide bonds. The molecule has 0 atom stereocenters. The summed E-state index contributed by atoms with van der Waals surface area (Å²) in [5.41, 5.74) is 6.43. The van der Waals surface area contributed by atoms with Crippen molar-refractivity contribution in [2.24, 2.45) is 0 Å². The van der Waals surface area contributed by atoms with Crippen LogP contribution in [0.4, 0.5) is 0 Å². The molecule has 0 radical (unpaired) electrons. The number of carbonyl (C=O) groups excluding carboxylic acids is 1. The van der Waals surface area contributed by atoms with Gasteiger partial charge in [0.05, 0.1) is 17.6 Å². The van der Waals surface area contributed by atoms with Gasteiger partial charge in [-0.2, -0.15) is 0 Å². The molecule has 36 heavy (non-hydrogen) atoms. The molecule has 176 valence electrons. The number of pyridine rings is 2. The molecule has 0 aliphatic carbocycles. The zero-order chi connectivity index (χ0) is 24.5. The molecule has 0 aliphatic heterocycles. The van der Waals surface area contributed by atoms with Crippen LogP contribution >= 0.6 is 0 Å². The van der Waals surface area contributed by atoms with Gasteiger partial charge in [-0.3, -0.25) is 14.3 Å². The van der Waals surface area contributed by atoms with Crippen LogP contribution in [-0.4, -0.2) is 35.4 Å². The van der Waals surface area contributed by atoms with Crippen molar-refractivity contribution in [2.45, 2.75) is 19.8 Å². The number of H-pyrrole nitrogens is 1. The first-order valence-corrected chi connectivity index (χ1v) is 11.6. The third-order valence-corrected chi connectivity index (χ3v) is 6.04. The van der Waals surface area contributed by atoms with Crippen LogP contribution in [0.2, 0.25) is 0 Å². The Morgan fingerprint density at radius 2 is 1.89 bits per heavy atom. The summed E-state index contributed by atoms with van der Waals surface area (Å²) in [7, 11) is 0. The molecule has 0 fully saturated rings. The Balaban J connectivity index is 1.16. The number of nitrogens with zero attached hydrogens (tertiary/aromatic N) is 5. The van der Waals surface area contributed by atoms with Crippen molar-refractivity contribution in [2.75, 3.05) is 0 Å². The largest absolute Gasteiger partial charge is 0.360 e. The van der Waals surface area contributed by atoms with E-state index >= 15 is 0 Å². The fourth-order valence-corrected chi connectivity index (χ4v) is 4.27. The van der Waals surface area contributed by atoms with Crippen LogP contribution in [0.3, 0.4) is 0 Å². The molecule has 0 saturated carbocycles. The summed E-state index contributed by atoms with van der Waals surface area (Å²) in [4.78, 5) is 29.1. The molecule has 5 aromatic heterocycles. The van der Waals surface area contributed by atoms with Gasteiger partial charge in [-0.05, 0) is 42.3 Å². The lowest BCUT2D eigenvalue weighted by molar-refractivity contribution is -0.118. The van der Waals surface area contributed by atoms with Crippen molar-refractivity contribution in [1.29, 1.82) is 0 Å². The molecule has 0 bridgehead atoms. The third kappa shape index (κ3) is 4.32. The maximum Gasteiger partial charge on any atom is 0.147 e. The Morgan fingerprint density at radius 3 is 2.67 bits per heavy atom. The number of aromatic nitrogens is 6. The minimum Gasteiger partial charge on any atom is -0.360 e. The molecular weight excluding hydrogens is 452 g/mol. The molecule has 0 spiro atoms. The van der Waals surface area contributed by atoms with E-state index in [1.807, 2.05) is 60.2 Å². The molecular formula is C28H22N6O2. The molecule has 8 nitrogen and oxygen atoms in total. The van der Waals surface area contributed by atoms with Gasteiger partial charge in [0, 0.05) is 53.9 Å². The van der Waals surface area contributed by atoms with Crippen LogP contribution in [0.15, 0.2) is 90.2 Å². The number of Topliss-reactive ketones (excluding diaryl/α,β-unsaturated/α-hetero) is 1. The van der Waals surface area contributed by atoms with Crippen molar-refractivity contribution in [3.63, 3.8) is 0 Å². The highest BCUT2D eigenvalue weighted by Gasteiger charge is 2.13. The number of carbonyl (C=O) groups is 1. The minimum absolute atomic E-state index is 0.0635. The second-order valence-corrected chi connectivity index (χ2v) is 8.71.